The molecule has 0 atom stereocenters. The maximum atomic E-state index is 12.2. The molecule has 136 valence electrons. The van der Waals surface area contributed by atoms with Crippen LogP contribution >= 0.6 is 11.8 Å². The molecule has 1 aromatic heterocycles. The summed E-state index contributed by atoms with van der Waals surface area (Å²) in [7, 11) is 0. The van der Waals surface area contributed by atoms with Gasteiger partial charge in [0.1, 0.15) is 5.71 Å². The van der Waals surface area contributed by atoms with E-state index in [1.54, 1.807) is 6.07 Å². The molecule has 0 radical (unpaired) electrons. The Balaban J connectivity index is 1.25. The van der Waals surface area contributed by atoms with E-state index in [1.165, 1.54) is 11.8 Å². The molecular formula is C20H18N4O2S. The van der Waals surface area contributed by atoms with Gasteiger partial charge >= 0.3 is 0 Å². The number of rotatable bonds is 6. The second-order valence-electron chi connectivity index (χ2n) is 6.21. The van der Waals surface area contributed by atoms with Gasteiger partial charge in [0.05, 0.1) is 16.6 Å². The van der Waals surface area contributed by atoms with E-state index in [-0.39, 0.29) is 11.5 Å². The molecule has 0 bridgehead atoms. The summed E-state index contributed by atoms with van der Waals surface area (Å²) in [5, 5.41) is 4.10. The number of benzene rings is 2. The second kappa shape index (κ2) is 7.75. The Bertz CT molecular complexity index is 1090. The van der Waals surface area contributed by atoms with E-state index in [0.29, 0.717) is 34.7 Å². The average Bonchev–Trinajstić information content (AvgIpc) is 3.12. The number of fused-ring (bicyclic) bond motifs is 2. The Kier molecular flexibility index (Phi) is 5.02. The van der Waals surface area contributed by atoms with Crippen molar-refractivity contribution >= 4 is 40.0 Å². The van der Waals surface area contributed by atoms with Crippen LogP contribution in [0, 0.1) is 0 Å². The third-order valence-electron chi connectivity index (χ3n) is 4.30. The number of H-pyrrole nitrogens is 1. The molecule has 1 aliphatic rings. The number of nitrogens with one attached hydrogen (secondary N) is 2. The highest BCUT2D eigenvalue weighted by molar-refractivity contribution is 7.99. The van der Waals surface area contributed by atoms with Crippen LogP contribution in [0.2, 0.25) is 0 Å². The highest BCUT2D eigenvalue weighted by Gasteiger charge is 2.19. The number of aromatic nitrogens is 2. The van der Waals surface area contributed by atoms with Gasteiger partial charge in [0, 0.05) is 18.7 Å². The molecule has 0 saturated heterocycles. The second-order valence-corrected chi connectivity index (χ2v) is 7.29. The topological polar surface area (TPSA) is 87.2 Å². The molecule has 1 amide bonds. The molecule has 6 nitrogen and oxygen atoms in total. The zero-order valence-corrected chi connectivity index (χ0v) is 15.4. The molecular weight excluding hydrogens is 360 g/mol. The fourth-order valence-electron chi connectivity index (χ4n) is 2.94. The summed E-state index contributed by atoms with van der Waals surface area (Å²) in [5.74, 6) is 0.627. The molecule has 0 saturated carbocycles. The Hall–Kier alpha value is -2.93. The van der Waals surface area contributed by atoms with Crippen molar-refractivity contribution in [2.24, 2.45) is 4.99 Å². The highest BCUT2D eigenvalue weighted by atomic mass is 32.2. The van der Waals surface area contributed by atoms with E-state index in [9.17, 15) is 9.59 Å². The summed E-state index contributed by atoms with van der Waals surface area (Å²) in [6.07, 6.45) is 1.35. The molecule has 1 aliphatic heterocycles. The van der Waals surface area contributed by atoms with E-state index >= 15 is 0 Å². The highest BCUT2D eigenvalue weighted by Crippen LogP contribution is 2.25. The third-order valence-corrected chi connectivity index (χ3v) is 5.26. The van der Waals surface area contributed by atoms with Gasteiger partial charge in [0.25, 0.3) is 11.5 Å². The Labute approximate surface area is 160 Å². The fraction of sp³-hybridized carbons (Fsp3) is 0.200. The molecule has 2 aromatic carbocycles. The van der Waals surface area contributed by atoms with Crippen molar-refractivity contribution in [2.75, 3.05) is 12.3 Å². The van der Waals surface area contributed by atoms with Crippen LogP contribution in [0.5, 0.6) is 0 Å². The Morgan fingerprint density at radius 2 is 1.96 bits per heavy atom. The minimum absolute atomic E-state index is 0.117. The lowest BCUT2D eigenvalue weighted by Gasteiger charge is -2.05. The standard InChI is InChI=1S/C20H18N4O2S/c25-18-14-7-2-4-9-16(14)23-20(24-18)27-11-5-10-21-19(26)17-12-13-6-1-3-8-15(13)22-17/h1-4,6-9H,5,10-12H2,(H,21,26)(H,23,24,25). The van der Waals surface area contributed by atoms with Crippen LogP contribution in [0.15, 0.2) is 63.5 Å². The number of carbonyl (C=O) groups excluding carboxylic acids is 1. The van der Waals surface area contributed by atoms with Crippen LogP contribution in [0.1, 0.15) is 12.0 Å². The number of hydrogen-bond acceptors (Lipinski definition) is 5. The van der Waals surface area contributed by atoms with Gasteiger partial charge in [-0.25, -0.2) is 9.98 Å². The van der Waals surface area contributed by atoms with Crippen molar-refractivity contribution < 1.29 is 4.79 Å². The van der Waals surface area contributed by atoms with Crippen LogP contribution in [0.4, 0.5) is 5.69 Å². The summed E-state index contributed by atoms with van der Waals surface area (Å²) in [6, 6.07) is 15.1. The zero-order chi connectivity index (χ0) is 18.6. The van der Waals surface area contributed by atoms with Gasteiger partial charge in [-0.15, -0.1) is 0 Å². The number of amides is 1. The van der Waals surface area contributed by atoms with Crippen molar-refractivity contribution in [1.82, 2.24) is 15.3 Å². The van der Waals surface area contributed by atoms with Gasteiger partial charge in [-0.1, -0.05) is 42.1 Å². The van der Waals surface area contributed by atoms with Crippen molar-refractivity contribution in [3.63, 3.8) is 0 Å². The molecule has 0 unspecified atom stereocenters. The molecule has 2 N–H and O–H groups in total. The van der Waals surface area contributed by atoms with Gasteiger partial charge in [0.15, 0.2) is 5.16 Å². The molecule has 3 aromatic rings. The van der Waals surface area contributed by atoms with Crippen molar-refractivity contribution in [2.45, 2.75) is 18.0 Å². The maximum absolute atomic E-state index is 12.2. The van der Waals surface area contributed by atoms with Crippen molar-refractivity contribution in [1.29, 1.82) is 0 Å². The number of carbonyl (C=O) groups is 1. The number of aliphatic imine (C=N–C) groups is 1. The van der Waals surface area contributed by atoms with E-state index < -0.39 is 0 Å². The lowest BCUT2D eigenvalue weighted by atomic mass is 10.1. The molecule has 0 fully saturated rings. The van der Waals surface area contributed by atoms with Gasteiger partial charge in [-0.3, -0.25) is 9.59 Å². The smallest absolute Gasteiger partial charge is 0.266 e. The maximum Gasteiger partial charge on any atom is 0.266 e. The van der Waals surface area contributed by atoms with Crippen LogP contribution in [-0.2, 0) is 11.2 Å². The van der Waals surface area contributed by atoms with E-state index in [4.69, 9.17) is 0 Å². The lowest BCUT2D eigenvalue weighted by molar-refractivity contribution is -0.114. The minimum atomic E-state index is -0.129. The fourth-order valence-corrected chi connectivity index (χ4v) is 3.75. The normalized spacial score (nSPS) is 12.7. The van der Waals surface area contributed by atoms with E-state index in [2.05, 4.69) is 20.3 Å². The molecule has 27 heavy (non-hydrogen) atoms. The summed E-state index contributed by atoms with van der Waals surface area (Å²) < 4.78 is 0. The number of thioether (sulfide) groups is 1. The lowest BCUT2D eigenvalue weighted by Crippen LogP contribution is -2.32. The molecule has 4 rings (SSSR count). The van der Waals surface area contributed by atoms with Gasteiger partial charge in [-0.05, 0) is 30.2 Å². The largest absolute Gasteiger partial charge is 0.351 e. The molecule has 0 aliphatic carbocycles. The minimum Gasteiger partial charge on any atom is -0.351 e. The summed E-state index contributed by atoms with van der Waals surface area (Å²) in [4.78, 5) is 35.9. The number of aromatic amines is 1. The SMILES string of the molecule is O=C(NCCCSc1nc2ccccc2c(=O)[nH]1)C1=Nc2ccccc2C1. The van der Waals surface area contributed by atoms with E-state index in [0.717, 1.165) is 23.4 Å². The quantitative estimate of drug-likeness (QED) is 0.392. The van der Waals surface area contributed by atoms with Crippen LogP contribution in [-0.4, -0.2) is 33.9 Å². The predicted molar refractivity (Wildman–Crippen MR) is 108 cm³/mol. The summed E-state index contributed by atoms with van der Waals surface area (Å²) in [5.41, 5.74) is 3.09. The molecule has 0 spiro atoms. The predicted octanol–water partition coefficient (Wildman–Crippen LogP) is 2.85. The van der Waals surface area contributed by atoms with Gasteiger partial charge in [0.2, 0.25) is 0 Å². The first kappa shape index (κ1) is 17.5. The first-order valence-corrected chi connectivity index (χ1v) is 9.75. The van der Waals surface area contributed by atoms with Crippen LogP contribution in [0.3, 0.4) is 0 Å². The summed E-state index contributed by atoms with van der Waals surface area (Å²) >= 11 is 1.47. The first-order valence-electron chi connectivity index (χ1n) is 8.76. The number of para-hydroxylation sites is 2. The van der Waals surface area contributed by atoms with Crippen LogP contribution < -0.4 is 10.9 Å². The number of hydrogen-bond donors (Lipinski definition) is 2. The first-order chi connectivity index (χ1) is 13.2. The third kappa shape index (κ3) is 3.93. The monoisotopic (exact) mass is 378 g/mol. The zero-order valence-electron chi connectivity index (χ0n) is 14.6. The Morgan fingerprint density at radius 3 is 2.85 bits per heavy atom. The number of nitrogens with zero attached hydrogens (tertiary/aromatic N) is 2. The van der Waals surface area contributed by atoms with Crippen molar-refractivity contribution in [3.05, 3.63) is 64.4 Å². The van der Waals surface area contributed by atoms with E-state index in [1.807, 2.05) is 42.5 Å². The van der Waals surface area contributed by atoms with Gasteiger partial charge in [-0.2, -0.15) is 0 Å². The van der Waals surface area contributed by atoms with Crippen LogP contribution in [0.25, 0.3) is 10.9 Å². The Morgan fingerprint density at radius 1 is 1.15 bits per heavy atom. The molecule has 7 heteroatoms. The van der Waals surface area contributed by atoms with Gasteiger partial charge < -0.3 is 10.3 Å². The van der Waals surface area contributed by atoms with Crippen molar-refractivity contribution in [3.8, 4) is 0 Å². The molecule has 2 heterocycles. The summed E-state index contributed by atoms with van der Waals surface area (Å²) in [6.45, 7) is 0.555. The average molecular weight is 378 g/mol.